The van der Waals surface area contributed by atoms with Crippen molar-refractivity contribution in [2.24, 2.45) is 0 Å². The minimum atomic E-state index is -0.661. The van der Waals surface area contributed by atoms with E-state index in [0.717, 1.165) is 6.42 Å². The summed E-state index contributed by atoms with van der Waals surface area (Å²) in [6.45, 7) is 2.19. The van der Waals surface area contributed by atoms with Crippen molar-refractivity contribution in [2.45, 2.75) is 18.5 Å². The maximum absolute atomic E-state index is 12.1. The fourth-order valence-electron chi connectivity index (χ4n) is 2.08. The Bertz CT molecular complexity index is 317. The van der Waals surface area contributed by atoms with Gasteiger partial charge in [-0.1, -0.05) is 0 Å². The van der Waals surface area contributed by atoms with Crippen LogP contribution in [0.2, 0.25) is 0 Å². The Kier molecular flexibility index (Phi) is 4.38. The molecule has 7 nitrogen and oxygen atoms in total. The van der Waals surface area contributed by atoms with Gasteiger partial charge in [0.15, 0.2) is 6.04 Å². The molecule has 0 aromatic carbocycles. The van der Waals surface area contributed by atoms with Crippen LogP contribution in [-0.2, 0) is 19.0 Å². The number of methoxy groups -OCH3 is 1. The van der Waals surface area contributed by atoms with Crippen LogP contribution >= 0.6 is 0 Å². The van der Waals surface area contributed by atoms with Crippen LogP contribution in [-0.4, -0.2) is 69.1 Å². The van der Waals surface area contributed by atoms with Crippen molar-refractivity contribution in [1.82, 2.24) is 10.2 Å². The number of ether oxygens (including phenoxy) is 3. The van der Waals surface area contributed by atoms with Crippen molar-refractivity contribution < 1.29 is 23.8 Å². The van der Waals surface area contributed by atoms with Gasteiger partial charge in [-0.05, 0) is 6.42 Å². The average molecular weight is 258 g/mol. The van der Waals surface area contributed by atoms with Crippen LogP contribution in [0.25, 0.3) is 0 Å². The standard InChI is InChI=1S/C11H18N2O5/c1-16-10(14)9-7-18-5-3-13(9)11(15)12-8-2-4-17-6-8/h8-9H,2-7H2,1H3,(H,12,15). The second-order valence-corrected chi connectivity index (χ2v) is 4.32. The number of rotatable bonds is 2. The molecule has 2 aliphatic heterocycles. The molecule has 0 bridgehead atoms. The largest absolute Gasteiger partial charge is 0.467 e. The molecule has 0 radical (unpaired) electrons. The number of hydrogen-bond acceptors (Lipinski definition) is 5. The summed E-state index contributed by atoms with van der Waals surface area (Å²) < 4.78 is 15.1. The summed E-state index contributed by atoms with van der Waals surface area (Å²) in [5.41, 5.74) is 0. The Morgan fingerprint density at radius 2 is 2.06 bits per heavy atom. The smallest absolute Gasteiger partial charge is 0.331 e. The minimum absolute atomic E-state index is 0.0265. The van der Waals surface area contributed by atoms with E-state index in [4.69, 9.17) is 9.47 Å². The van der Waals surface area contributed by atoms with E-state index in [9.17, 15) is 9.59 Å². The van der Waals surface area contributed by atoms with E-state index in [1.54, 1.807) is 0 Å². The lowest BCUT2D eigenvalue weighted by Gasteiger charge is -2.34. The van der Waals surface area contributed by atoms with E-state index in [0.29, 0.717) is 26.4 Å². The topological polar surface area (TPSA) is 77.1 Å². The van der Waals surface area contributed by atoms with E-state index >= 15 is 0 Å². The van der Waals surface area contributed by atoms with Gasteiger partial charge in [0, 0.05) is 13.2 Å². The summed E-state index contributed by atoms with van der Waals surface area (Å²) in [4.78, 5) is 25.1. The second-order valence-electron chi connectivity index (χ2n) is 4.32. The maximum atomic E-state index is 12.1. The van der Waals surface area contributed by atoms with Gasteiger partial charge in [0.2, 0.25) is 0 Å². The first-order valence-electron chi connectivity index (χ1n) is 6.03. The summed E-state index contributed by atoms with van der Waals surface area (Å²) in [5.74, 6) is -0.451. The zero-order valence-electron chi connectivity index (χ0n) is 10.4. The molecular weight excluding hydrogens is 240 g/mol. The van der Waals surface area contributed by atoms with Crippen molar-refractivity contribution in [3.63, 3.8) is 0 Å². The molecule has 2 aliphatic rings. The highest BCUT2D eigenvalue weighted by molar-refractivity contribution is 5.84. The van der Waals surface area contributed by atoms with Crippen LogP contribution in [0.3, 0.4) is 0 Å². The maximum Gasteiger partial charge on any atom is 0.331 e. The van der Waals surface area contributed by atoms with Crippen molar-refractivity contribution in [2.75, 3.05) is 40.1 Å². The molecule has 18 heavy (non-hydrogen) atoms. The molecule has 1 N–H and O–H groups in total. The third kappa shape index (κ3) is 2.91. The quantitative estimate of drug-likeness (QED) is 0.667. The van der Waals surface area contributed by atoms with Crippen LogP contribution in [0, 0.1) is 0 Å². The summed E-state index contributed by atoms with van der Waals surface area (Å²) >= 11 is 0. The van der Waals surface area contributed by atoms with Gasteiger partial charge in [0.25, 0.3) is 0 Å². The van der Waals surface area contributed by atoms with Crippen molar-refractivity contribution in [1.29, 1.82) is 0 Å². The lowest BCUT2D eigenvalue weighted by Crippen LogP contribution is -2.57. The van der Waals surface area contributed by atoms with Gasteiger partial charge in [-0.25, -0.2) is 9.59 Å². The van der Waals surface area contributed by atoms with Gasteiger partial charge in [0.05, 0.1) is 33.0 Å². The molecule has 0 saturated carbocycles. The highest BCUT2D eigenvalue weighted by Gasteiger charge is 2.34. The SMILES string of the molecule is COC(=O)C1COCCN1C(=O)NC1CCOC1. The van der Waals surface area contributed by atoms with E-state index in [1.807, 2.05) is 0 Å². The fraction of sp³-hybridized carbons (Fsp3) is 0.818. The second kappa shape index (κ2) is 6.01. The van der Waals surface area contributed by atoms with Crippen LogP contribution in [0.4, 0.5) is 4.79 Å². The number of nitrogens with zero attached hydrogens (tertiary/aromatic N) is 1. The van der Waals surface area contributed by atoms with Crippen molar-refractivity contribution in [3.05, 3.63) is 0 Å². The molecule has 0 aromatic rings. The number of hydrogen-bond donors (Lipinski definition) is 1. The number of esters is 1. The van der Waals surface area contributed by atoms with Crippen LogP contribution in [0.5, 0.6) is 0 Å². The van der Waals surface area contributed by atoms with Gasteiger partial charge < -0.3 is 24.4 Å². The summed E-state index contributed by atoms with van der Waals surface area (Å²) in [6, 6.07) is -0.895. The number of amides is 2. The Morgan fingerprint density at radius 3 is 2.72 bits per heavy atom. The summed E-state index contributed by atoms with van der Waals surface area (Å²) in [5, 5.41) is 2.86. The van der Waals surface area contributed by atoms with Crippen molar-refractivity contribution >= 4 is 12.0 Å². The number of nitrogens with one attached hydrogen (secondary N) is 1. The van der Waals surface area contributed by atoms with Gasteiger partial charge >= 0.3 is 12.0 Å². The molecule has 2 rings (SSSR count). The minimum Gasteiger partial charge on any atom is -0.467 e. The zero-order chi connectivity index (χ0) is 13.0. The Morgan fingerprint density at radius 1 is 1.28 bits per heavy atom. The zero-order valence-corrected chi connectivity index (χ0v) is 10.4. The lowest BCUT2D eigenvalue weighted by molar-refractivity contribution is -0.151. The fourth-order valence-corrected chi connectivity index (χ4v) is 2.08. The first-order valence-corrected chi connectivity index (χ1v) is 6.03. The predicted octanol–water partition coefficient (Wildman–Crippen LogP) is -0.641. The average Bonchev–Trinajstić information content (AvgIpc) is 2.90. The molecule has 2 heterocycles. The molecule has 0 aromatic heterocycles. The Hall–Kier alpha value is -1.34. The monoisotopic (exact) mass is 258 g/mol. The first-order chi connectivity index (χ1) is 8.72. The molecule has 0 aliphatic carbocycles. The first kappa shape index (κ1) is 13.1. The normalized spacial score (nSPS) is 27.9. The van der Waals surface area contributed by atoms with Gasteiger partial charge in [-0.3, -0.25) is 0 Å². The molecule has 102 valence electrons. The van der Waals surface area contributed by atoms with E-state index < -0.39 is 12.0 Å². The third-order valence-corrected chi connectivity index (χ3v) is 3.12. The molecule has 2 saturated heterocycles. The number of morpholine rings is 1. The summed E-state index contributed by atoms with van der Waals surface area (Å²) in [6.07, 6.45) is 0.805. The Balaban J connectivity index is 1.94. The number of urea groups is 1. The lowest BCUT2D eigenvalue weighted by atomic mass is 10.2. The van der Waals surface area contributed by atoms with Crippen LogP contribution < -0.4 is 5.32 Å². The highest BCUT2D eigenvalue weighted by Crippen LogP contribution is 2.11. The van der Waals surface area contributed by atoms with Gasteiger partial charge in [-0.15, -0.1) is 0 Å². The molecule has 7 heteroatoms. The molecular formula is C11H18N2O5. The molecule has 2 atom stereocenters. The van der Waals surface area contributed by atoms with Gasteiger partial charge in [0.1, 0.15) is 0 Å². The van der Waals surface area contributed by atoms with Gasteiger partial charge in [-0.2, -0.15) is 0 Å². The highest BCUT2D eigenvalue weighted by atomic mass is 16.5. The Labute approximate surface area is 105 Å². The third-order valence-electron chi connectivity index (χ3n) is 3.12. The van der Waals surface area contributed by atoms with Crippen LogP contribution in [0.1, 0.15) is 6.42 Å². The van der Waals surface area contributed by atoms with E-state index in [2.05, 4.69) is 10.1 Å². The van der Waals surface area contributed by atoms with E-state index in [-0.39, 0.29) is 18.7 Å². The summed E-state index contributed by atoms with van der Waals surface area (Å²) in [7, 11) is 1.30. The van der Waals surface area contributed by atoms with Crippen LogP contribution in [0.15, 0.2) is 0 Å². The number of carbonyl (C=O) groups is 2. The molecule has 2 unspecified atom stereocenters. The predicted molar refractivity (Wildman–Crippen MR) is 61.1 cm³/mol. The molecule has 2 amide bonds. The molecule has 2 fully saturated rings. The van der Waals surface area contributed by atoms with E-state index in [1.165, 1.54) is 12.0 Å². The number of carbonyl (C=O) groups excluding carboxylic acids is 2. The van der Waals surface area contributed by atoms with Crippen molar-refractivity contribution in [3.8, 4) is 0 Å². The molecule has 0 spiro atoms.